The van der Waals surface area contributed by atoms with Gasteiger partial charge < -0.3 is 10.2 Å². The number of aromatic amines is 1. The topological polar surface area (TPSA) is 97.3 Å². The molecule has 1 fully saturated rings. The molecule has 4 aromatic rings. The largest absolute Gasteiger partial charge is 0.508 e. The predicted octanol–water partition coefficient (Wildman–Crippen LogP) is 3.88. The molecule has 4 N–H and O–H groups in total. The summed E-state index contributed by atoms with van der Waals surface area (Å²) in [6.45, 7) is 4.47. The summed E-state index contributed by atoms with van der Waals surface area (Å²) in [6, 6.07) is 17.5. The third-order valence-electron chi connectivity index (χ3n) is 6.36. The molecule has 0 spiro atoms. The smallest absolute Gasteiger partial charge is 0.131 e. The van der Waals surface area contributed by atoms with Crippen molar-refractivity contribution in [2.24, 2.45) is 0 Å². The Kier molecular flexibility index (Phi) is 6.09. The molecule has 0 radical (unpaired) electrons. The van der Waals surface area contributed by atoms with Crippen LogP contribution in [0.25, 0.3) is 22.2 Å². The van der Waals surface area contributed by atoms with E-state index in [2.05, 4.69) is 25.4 Å². The maximum Gasteiger partial charge on any atom is 0.131 e. The number of aryl methyl sites for hydroxylation is 1. The maximum absolute atomic E-state index is 11.0. The first-order chi connectivity index (χ1) is 16.1. The molecule has 5 rings (SSSR count). The average molecular weight is 444 g/mol. The fourth-order valence-electron chi connectivity index (χ4n) is 4.65. The third-order valence-corrected chi connectivity index (χ3v) is 6.36. The second-order valence-corrected chi connectivity index (χ2v) is 8.84. The SMILES string of the molecule is Cc1cc(-c2n[nH]c3ccc(C(O)NC4CCCN(Cc5ccccc5O)C4)cc23)ccn1. The zero-order chi connectivity index (χ0) is 22.8. The molecule has 2 unspecified atom stereocenters. The number of aromatic nitrogens is 3. The summed E-state index contributed by atoms with van der Waals surface area (Å²) in [5, 5.41) is 33.0. The summed E-state index contributed by atoms with van der Waals surface area (Å²) < 4.78 is 0. The highest BCUT2D eigenvalue weighted by molar-refractivity contribution is 5.93. The molecule has 7 nitrogen and oxygen atoms in total. The molecule has 0 saturated carbocycles. The number of likely N-dealkylation sites (tertiary alicyclic amines) is 1. The van der Waals surface area contributed by atoms with Gasteiger partial charge in [0.25, 0.3) is 0 Å². The van der Waals surface area contributed by atoms with Gasteiger partial charge in [0.1, 0.15) is 17.7 Å². The Morgan fingerprint density at radius 2 is 2.06 bits per heavy atom. The Morgan fingerprint density at radius 1 is 1.18 bits per heavy atom. The normalized spacial score (nSPS) is 17.9. The Labute approximate surface area is 193 Å². The molecule has 0 aliphatic carbocycles. The van der Waals surface area contributed by atoms with Crippen molar-refractivity contribution in [1.82, 2.24) is 25.4 Å². The third kappa shape index (κ3) is 4.75. The predicted molar refractivity (Wildman–Crippen MR) is 129 cm³/mol. The van der Waals surface area contributed by atoms with Crippen LogP contribution in [0, 0.1) is 6.92 Å². The van der Waals surface area contributed by atoms with Crippen LogP contribution in [0.3, 0.4) is 0 Å². The summed E-state index contributed by atoms with van der Waals surface area (Å²) in [5.41, 5.74) is 5.47. The molecule has 1 saturated heterocycles. The van der Waals surface area contributed by atoms with E-state index in [4.69, 9.17) is 0 Å². The van der Waals surface area contributed by atoms with E-state index in [1.807, 2.05) is 55.5 Å². The number of aromatic hydroxyl groups is 1. The fraction of sp³-hybridized carbons (Fsp3) is 0.308. The molecule has 7 heteroatoms. The highest BCUT2D eigenvalue weighted by atomic mass is 16.3. The van der Waals surface area contributed by atoms with Gasteiger partial charge in [0.2, 0.25) is 0 Å². The van der Waals surface area contributed by atoms with Crippen molar-refractivity contribution < 1.29 is 10.2 Å². The number of aliphatic hydroxyl groups is 1. The number of hydrogen-bond donors (Lipinski definition) is 4. The van der Waals surface area contributed by atoms with Gasteiger partial charge in [0.15, 0.2) is 0 Å². The Morgan fingerprint density at radius 3 is 2.91 bits per heavy atom. The van der Waals surface area contributed by atoms with Gasteiger partial charge >= 0.3 is 0 Å². The van der Waals surface area contributed by atoms with Crippen molar-refractivity contribution in [3.8, 4) is 17.0 Å². The summed E-state index contributed by atoms with van der Waals surface area (Å²) >= 11 is 0. The lowest BCUT2D eigenvalue weighted by Gasteiger charge is -2.34. The molecular weight excluding hydrogens is 414 g/mol. The lowest BCUT2D eigenvalue weighted by atomic mass is 10.0. The number of hydrogen-bond acceptors (Lipinski definition) is 6. The van der Waals surface area contributed by atoms with Crippen LogP contribution in [0.15, 0.2) is 60.8 Å². The first-order valence-corrected chi connectivity index (χ1v) is 11.4. The van der Waals surface area contributed by atoms with Crippen LogP contribution >= 0.6 is 0 Å². The molecule has 33 heavy (non-hydrogen) atoms. The zero-order valence-corrected chi connectivity index (χ0v) is 18.7. The molecule has 0 amide bonds. The lowest BCUT2D eigenvalue weighted by molar-refractivity contribution is 0.0916. The van der Waals surface area contributed by atoms with E-state index in [1.54, 1.807) is 12.3 Å². The number of fused-ring (bicyclic) bond motifs is 1. The minimum Gasteiger partial charge on any atom is -0.508 e. The van der Waals surface area contributed by atoms with Gasteiger partial charge in [0.05, 0.1) is 5.52 Å². The van der Waals surface area contributed by atoms with E-state index < -0.39 is 6.23 Å². The van der Waals surface area contributed by atoms with Crippen molar-refractivity contribution in [3.63, 3.8) is 0 Å². The standard InChI is InChI=1S/C26H29N5O2/c1-17-13-18(10-11-27-17)25-22-14-19(8-9-23(22)29-30-25)26(33)28-21-6-4-12-31(16-21)15-20-5-2-3-7-24(20)32/h2-3,5,7-11,13-14,21,26,28,32-33H,4,6,12,15-16H2,1H3,(H,29,30). The highest BCUT2D eigenvalue weighted by Crippen LogP contribution is 2.29. The Hall–Kier alpha value is -3.26. The van der Waals surface area contributed by atoms with Crippen LogP contribution in [-0.4, -0.2) is 49.4 Å². The number of nitrogens with one attached hydrogen (secondary N) is 2. The van der Waals surface area contributed by atoms with Gasteiger partial charge in [-0.3, -0.25) is 20.3 Å². The maximum atomic E-state index is 11.0. The molecular formula is C26H29N5O2. The van der Waals surface area contributed by atoms with E-state index >= 15 is 0 Å². The van der Waals surface area contributed by atoms with Crippen molar-refractivity contribution in [2.45, 2.75) is 38.6 Å². The molecule has 2 aromatic heterocycles. The highest BCUT2D eigenvalue weighted by Gasteiger charge is 2.23. The van der Waals surface area contributed by atoms with Crippen LogP contribution in [0.5, 0.6) is 5.75 Å². The van der Waals surface area contributed by atoms with Gasteiger partial charge in [-0.25, -0.2) is 0 Å². The van der Waals surface area contributed by atoms with Gasteiger partial charge in [-0.1, -0.05) is 24.3 Å². The number of nitrogens with zero attached hydrogens (tertiary/aromatic N) is 3. The van der Waals surface area contributed by atoms with Crippen LogP contribution in [-0.2, 0) is 6.54 Å². The van der Waals surface area contributed by atoms with Gasteiger partial charge in [-0.2, -0.15) is 5.10 Å². The number of benzene rings is 2. The summed E-state index contributed by atoms with van der Waals surface area (Å²) in [5.74, 6) is 0.334. The van der Waals surface area contributed by atoms with Crippen molar-refractivity contribution in [1.29, 1.82) is 0 Å². The first-order valence-electron chi connectivity index (χ1n) is 11.4. The minimum atomic E-state index is -0.772. The van der Waals surface area contributed by atoms with Crippen LogP contribution in [0.4, 0.5) is 0 Å². The van der Waals surface area contributed by atoms with Gasteiger partial charge in [-0.05, 0) is 62.2 Å². The lowest BCUT2D eigenvalue weighted by Crippen LogP contribution is -2.46. The second-order valence-electron chi connectivity index (χ2n) is 8.84. The van der Waals surface area contributed by atoms with E-state index in [0.29, 0.717) is 12.3 Å². The molecule has 2 aromatic carbocycles. The second kappa shape index (κ2) is 9.31. The Bertz CT molecular complexity index is 1250. The summed E-state index contributed by atoms with van der Waals surface area (Å²) in [7, 11) is 0. The van der Waals surface area contributed by atoms with Gasteiger partial charge in [0, 0.05) is 47.5 Å². The summed E-state index contributed by atoms with van der Waals surface area (Å²) in [4.78, 5) is 6.60. The van der Waals surface area contributed by atoms with Crippen LogP contribution in [0.1, 0.15) is 35.9 Å². The number of phenolic OH excluding ortho intramolecular Hbond substituents is 1. The molecule has 1 aliphatic heterocycles. The molecule has 3 heterocycles. The number of pyridine rings is 1. The average Bonchev–Trinajstić information content (AvgIpc) is 3.24. The number of phenols is 1. The number of rotatable bonds is 6. The van der Waals surface area contributed by atoms with Crippen molar-refractivity contribution >= 4 is 10.9 Å². The number of H-pyrrole nitrogens is 1. The molecule has 170 valence electrons. The van der Waals surface area contributed by atoms with Crippen molar-refractivity contribution in [2.75, 3.05) is 13.1 Å². The van der Waals surface area contributed by atoms with E-state index in [1.165, 1.54) is 0 Å². The number of aliphatic hydroxyl groups excluding tert-OH is 1. The minimum absolute atomic E-state index is 0.168. The van der Waals surface area contributed by atoms with Crippen LogP contribution < -0.4 is 5.32 Å². The van der Waals surface area contributed by atoms with E-state index in [-0.39, 0.29) is 6.04 Å². The fourth-order valence-corrected chi connectivity index (χ4v) is 4.65. The molecule has 0 bridgehead atoms. The van der Waals surface area contributed by atoms with Gasteiger partial charge in [-0.15, -0.1) is 0 Å². The molecule has 1 aliphatic rings. The van der Waals surface area contributed by atoms with Crippen molar-refractivity contribution in [3.05, 3.63) is 77.6 Å². The Balaban J connectivity index is 1.30. The first kappa shape index (κ1) is 21.6. The molecule has 2 atom stereocenters. The van der Waals surface area contributed by atoms with E-state index in [0.717, 1.165) is 64.9 Å². The monoisotopic (exact) mass is 443 g/mol. The van der Waals surface area contributed by atoms with E-state index in [9.17, 15) is 10.2 Å². The summed E-state index contributed by atoms with van der Waals surface area (Å²) in [6.07, 6.45) is 3.07. The quantitative estimate of drug-likeness (QED) is 0.338. The van der Waals surface area contributed by atoms with Crippen LogP contribution in [0.2, 0.25) is 0 Å². The number of para-hydroxylation sites is 1. The zero-order valence-electron chi connectivity index (χ0n) is 18.7. The number of piperidine rings is 1.